The first kappa shape index (κ1) is 13.0. The topological polar surface area (TPSA) is 63.4 Å². The molecule has 0 aliphatic heterocycles. The van der Waals surface area contributed by atoms with Crippen molar-refractivity contribution in [2.45, 2.75) is 31.7 Å². The van der Waals surface area contributed by atoms with Crippen LogP contribution in [-0.2, 0) is 10.0 Å². The molecule has 0 atom stereocenters. The predicted octanol–water partition coefficient (Wildman–Crippen LogP) is 1.61. The standard InChI is InChI=1S/C11H18N2O2S/c1-8(2)13(4)16(14,15)11-9(3)6-5-7-10(11)12/h5-8H,12H2,1-4H3. The number of aryl methyl sites for hydroxylation is 1. The third-order valence-corrected chi connectivity index (χ3v) is 4.86. The lowest BCUT2D eigenvalue weighted by Gasteiger charge is -2.22. The van der Waals surface area contributed by atoms with Crippen LogP contribution in [0.15, 0.2) is 23.1 Å². The summed E-state index contributed by atoms with van der Waals surface area (Å²) in [5, 5.41) is 0. The number of hydrogen-bond donors (Lipinski definition) is 1. The molecule has 5 heteroatoms. The molecule has 0 fully saturated rings. The second-order valence-electron chi connectivity index (χ2n) is 4.11. The van der Waals surface area contributed by atoms with Crippen LogP contribution in [0.1, 0.15) is 19.4 Å². The zero-order chi connectivity index (χ0) is 12.5. The van der Waals surface area contributed by atoms with Gasteiger partial charge in [0.2, 0.25) is 10.0 Å². The Labute approximate surface area is 97.1 Å². The summed E-state index contributed by atoms with van der Waals surface area (Å²) in [4.78, 5) is 0.214. The highest BCUT2D eigenvalue weighted by molar-refractivity contribution is 7.89. The van der Waals surface area contributed by atoms with Gasteiger partial charge < -0.3 is 5.73 Å². The van der Waals surface area contributed by atoms with E-state index >= 15 is 0 Å². The fourth-order valence-electron chi connectivity index (χ4n) is 1.45. The van der Waals surface area contributed by atoms with E-state index in [-0.39, 0.29) is 10.9 Å². The van der Waals surface area contributed by atoms with Crippen molar-refractivity contribution in [2.24, 2.45) is 0 Å². The second kappa shape index (κ2) is 4.43. The maximum atomic E-state index is 12.3. The number of nitrogens with zero attached hydrogens (tertiary/aromatic N) is 1. The van der Waals surface area contributed by atoms with Gasteiger partial charge in [-0.15, -0.1) is 0 Å². The van der Waals surface area contributed by atoms with Gasteiger partial charge >= 0.3 is 0 Å². The molecule has 16 heavy (non-hydrogen) atoms. The lowest BCUT2D eigenvalue weighted by atomic mass is 10.2. The van der Waals surface area contributed by atoms with E-state index in [4.69, 9.17) is 5.73 Å². The summed E-state index contributed by atoms with van der Waals surface area (Å²) in [5.74, 6) is 0. The van der Waals surface area contributed by atoms with Crippen LogP contribution in [-0.4, -0.2) is 25.8 Å². The minimum atomic E-state index is -3.49. The lowest BCUT2D eigenvalue weighted by molar-refractivity contribution is 0.410. The number of benzene rings is 1. The molecule has 0 bridgehead atoms. The molecule has 2 N–H and O–H groups in total. The van der Waals surface area contributed by atoms with E-state index in [9.17, 15) is 8.42 Å². The van der Waals surface area contributed by atoms with Crippen molar-refractivity contribution >= 4 is 15.7 Å². The molecule has 0 radical (unpaired) electrons. The van der Waals surface area contributed by atoms with Crippen molar-refractivity contribution in [3.63, 3.8) is 0 Å². The Morgan fingerprint density at radius 2 is 1.88 bits per heavy atom. The monoisotopic (exact) mass is 242 g/mol. The van der Waals surface area contributed by atoms with Gasteiger partial charge in [-0.1, -0.05) is 12.1 Å². The van der Waals surface area contributed by atoms with Crippen LogP contribution in [0, 0.1) is 6.92 Å². The van der Waals surface area contributed by atoms with Crippen molar-refractivity contribution in [3.05, 3.63) is 23.8 Å². The predicted molar refractivity (Wildman–Crippen MR) is 65.7 cm³/mol. The van der Waals surface area contributed by atoms with Crippen LogP contribution in [0.25, 0.3) is 0 Å². The van der Waals surface area contributed by atoms with Gasteiger partial charge in [0.25, 0.3) is 0 Å². The number of sulfonamides is 1. The summed E-state index contributed by atoms with van der Waals surface area (Å²) in [6.07, 6.45) is 0. The molecule has 0 amide bonds. The van der Waals surface area contributed by atoms with Gasteiger partial charge in [-0.2, -0.15) is 4.31 Å². The van der Waals surface area contributed by atoms with Crippen LogP contribution in [0.4, 0.5) is 5.69 Å². The maximum absolute atomic E-state index is 12.3. The normalized spacial score (nSPS) is 12.4. The van der Waals surface area contributed by atoms with Crippen LogP contribution in [0.5, 0.6) is 0 Å². The third kappa shape index (κ3) is 2.20. The summed E-state index contributed by atoms with van der Waals surface area (Å²) in [5.41, 5.74) is 6.71. The maximum Gasteiger partial charge on any atom is 0.245 e. The SMILES string of the molecule is Cc1cccc(N)c1S(=O)(=O)N(C)C(C)C. The van der Waals surface area contributed by atoms with E-state index in [1.807, 2.05) is 13.8 Å². The molecule has 1 aromatic carbocycles. The number of anilines is 1. The Kier molecular flexibility index (Phi) is 3.60. The molecule has 90 valence electrons. The van der Waals surface area contributed by atoms with Gasteiger partial charge in [0.05, 0.1) is 5.69 Å². The van der Waals surface area contributed by atoms with Gasteiger partial charge in [-0.25, -0.2) is 8.42 Å². The molecular formula is C11H18N2O2S. The Morgan fingerprint density at radius 1 is 1.31 bits per heavy atom. The molecule has 0 aliphatic carbocycles. The Morgan fingerprint density at radius 3 is 2.31 bits per heavy atom. The fraction of sp³-hybridized carbons (Fsp3) is 0.455. The second-order valence-corrected chi connectivity index (χ2v) is 6.04. The zero-order valence-electron chi connectivity index (χ0n) is 10.1. The van der Waals surface area contributed by atoms with Crippen LogP contribution in [0.3, 0.4) is 0 Å². The smallest absolute Gasteiger partial charge is 0.245 e. The van der Waals surface area contributed by atoms with Gasteiger partial charge in [0, 0.05) is 13.1 Å². The quantitative estimate of drug-likeness (QED) is 0.819. The Bertz CT molecular complexity index is 461. The number of hydrogen-bond acceptors (Lipinski definition) is 3. The lowest BCUT2D eigenvalue weighted by Crippen LogP contribution is -2.33. The van der Waals surface area contributed by atoms with Gasteiger partial charge in [-0.05, 0) is 32.4 Å². The van der Waals surface area contributed by atoms with E-state index in [1.54, 1.807) is 32.2 Å². The highest BCUT2D eigenvalue weighted by atomic mass is 32.2. The molecule has 0 aromatic heterocycles. The molecule has 0 heterocycles. The van der Waals surface area contributed by atoms with Crippen molar-refractivity contribution < 1.29 is 8.42 Å². The van der Waals surface area contributed by atoms with E-state index < -0.39 is 10.0 Å². The molecule has 0 saturated carbocycles. The fourth-order valence-corrected chi connectivity index (χ4v) is 3.13. The van der Waals surface area contributed by atoms with Gasteiger partial charge in [0.1, 0.15) is 4.90 Å². The van der Waals surface area contributed by atoms with E-state index in [2.05, 4.69) is 0 Å². The molecular weight excluding hydrogens is 224 g/mol. The van der Waals surface area contributed by atoms with E-state index in [1.165, 1.54) is 4.31 Å². The minimum Gasteiger partial charge on any atom is -0.398 e. The van der Waals surface area contributed by atoms with E-state index in [0.717, 1.165) is 0 Å². The minimum absolute atomic E-state index is 0.0935. The Hall–Kier alpha value is -1.07. The molecule has 1 aromatic rings. The molecule has 4 nitrogen and oxygen atoms in total. The number of nitrogen functional groups attached to an aromatic ring is 1. The average Bonchev–Trinajstić information content (AvgIpc) is 2.15. The van der Waals surface area contributed by atoms with Crippen LogP contribution in [0.2, 0.25) is 0 Å². The third-order valence-electron chi connectivity index (χ3n) is 2.61. The summed E-state index contributed by atoms with van der Waals surface area (Å²) < 4.78 is 25.8. The summed E-state index contributed by atoms with van der Waals surface area (Å²) >= 11 is 0. The van der Waals surface area contributed by atoms with Crippen LogP contribution < -0.4 is 5.73 Å². The molecule has 0 unspecified atom stereocenters. The van der Waals surface area contributed by atoms with Crippen LogP contribution >= 0.6 is 0 Å². The van der Waals surface area contributed by atoms with E-state index in [0.29, 0.717) is 11.3 Å². The summed E-state index contributed by atoms with van der Waals surface area (Å²) in [7, 11) is -1.93. The highest BCUT2D eigenvalue weighted by Crippen LogP contribution is 2.25. The van der Waals surface area contributed by atoms with Gasteiger partial charge in [-0.3, -0.25) is 0 Å². The first-order valence-electron chi connectivity index (χ1n) is 5.11. The largest absolute Gasteiger partial charge is 0.398 e. The van der Waals surface area contributed by atoms with Gasteiger partial charge in [0.15, 0.2) is 0 Å². The van der Waals surface area contributed by atoms with Crippen molar-refractivity contribution in [1.29, 1.82) is 0 Å². The summed E-state index contributed by atoms with van der Waals surface area (Å²) in [6.45, 7) is 5.40. The average molecular weight is 242 g/mol. The van der Waals surface area contributed by atoms with Crippen molar-refractivity contribution in [3.8, 4) is 0 Å². The van der Waals surface area contributed by atoms with Crippen molar-refractivity contribution in [2.75, 3.05) is 12.8 Å². The summed E-state index contributed by atoms with van der Waals surface area (Å²) in [6, 6.07) is 5.01. The number of rotatable bonds is 3. The highest BCUT2D eigenvalue weighted by Gasteiger charge is 2.26. The molecule has 0 aliphatic rings. The first-order valence-corrected chi connectivity index (χ1v) is 6.55. The van der Waals surface area contributed by atoms with Crippen molar-refractivity contribution in [1.82, 2.24) is 4.31 Å². The first-order chi connectivity index (χ1) is 7.28. The zero-order valence-corrected chi connectivity index (χ0v) is 10.9. The molecule has 0 spiro atoms. The molecule has 1 rings (SSSR count). The number of nitrogens with two attached hydrogens (primary N) is 1. The molecule has 0 saturated heterocycles. The Balaban J connectivity index is 3.39.